The number of benzene rings is 2. The molecule has 2 N–H and O–H groups in total. The van der Waals surface area contributed by atoms with Gasteiger partial charge in [-0.15, -0.1) is 0 Å². The lowest BCUT2D eigenvalue weighted by Crippen LogP contribution is -2.22. The predicted octanol–water partition coefficient (Wildman–Crippen LogP) is 4.62. The van der Waals surface area contributed by atoms with Gasteiger partial charge in [0.05, 0.1) is 6.54 Å². The van der Waals surface area contributed by atoms with Gasteiger partial charge in [-0.2, -0.15) is 0 Å². The van der Waals surface area contributed by atoms with E-state index in [0.717, 1.165) is 28.1 Å². The predicted molar refractivity (Wildman–Crippen MR) is 94.0 cm³/mol. The molecule has 2 aromatic rings. The molecular weight excluding hydrogens is 296 g/mol. The fourth-order valence-electron chi connectivity index (χ4n) is 2.59. The molecule has 4 heteroatoms. The molecule has 0 bridgehead atoms. The van der Waals surface area contributed by atoms with Crippen LogP contribution in [0.3, 0.4) is 0 Å². The summed E-state index contributed by atoms with van der Waals surface area (Å²) in [6.07, 6.45) is 0. The van der Waals surface area contributed by atoms with E-state index < -0.39 is 0 Å². The summed E-state index contributed by atoms with van der Waals surface area (Å²) in [6, 6.07) is 9.63. The number of anilines is 2. The Balaban J connectivity index is 2.02. The first-order valence-corrected chi connectivity index (χ1v) is 7.62. The molecule has 0 heterocycles. The lowest BCUT2D eigenvalue weighted by atomic mass is 10.1. The van der Waals surface area contributed by atoms with E-state index in [1.807, 2.05) is 32.9 Å². The first-order valence-electron chi connectivity index (χ1n) is 7.24. The third-order valence-corrected chi connectivity index (χ3v) is 3.80. The average Bonchev–Trinajstić information content (AvgIpc) is 2.40. The maximum Gasteiger partial charge on any atom is 0.243 e. The zero-order chi connectivity index (χ0) is 16.3. The van der Waals surface area contributed by atoms with Gasteiger partial charge in [0, 0.05) is 16.4 Å². The van der Waals surface area contributed by atoms with Gasteiger partial charge in [-0.05, 0) is 62.6 Å². The van der Waals surface area contributed by atoms with Crippen molar-refractivity contribution in [3.8, 4) is 0 Å². The Kier molecular flexibility index (Phi) is 5.09. The molecule has 2 aromatic carbocycles. The number of carbonyl (C=O) groups is 1. The minimum absolute atomic E-state index is 0.0789. The van der Waals surface area contributed by atoms with E-state index in [1.54, 1.807) is 6.07 Å². The van der Waals surface area contributed by atoms with Gasteiger partial charge in [0.15, 0.2) is 0 Å². The van der Waals surface area contributed by atoms with Crippen LogP contribution in [0.5, 0.6) is 0 Å². The quantitative estimate of drug-likeness (QED) is 0.863. The number of nitrogens with one attached hydrogen (secondary N) is 2. The molecule has 0 fully saturated rings. The SMILES string of the molecule is Cc1cc(C)c(NCC(=O)Nc2ccc(Cl)cc2C)c(C)c1. The highest BCUT2D eigenvalue weighted by Gasteiger charge is 2.08. The van der Waals surface area contributed by atoms with E-state index in [1.165, 1.54) is 5.56 Å². The van der Waals surface area contributed by atoms with Crippen LogP contribution in [-0.2, 0) is 4.79 Å². The van der Waals surface area contributed by atoms with Crippen molar-refractivity contribution < 1.29 is 4.79 Å². The van der Waals surface area contributed by atoms with Crippen LogP contribution in [-0.4, -0.2) is 12.5 Å². The van der Waals surface area contributed by atoms with Gasteiger partial charge in [0.25, 0.3) is 0 Å². The normalized spacial score (nSPS) is 10.4. The summed E-state index contributed by atoms with van der Waals surface area (Å²) in [4.78, 5) is 12.1. The molecule has 116 valence electrons. The molecule has 1 amide bonds. The standard InChI is InChI=1S/C18H21ClN2O/c1-11-7-13(3)18(14(4)8-11)20-10-17(22)21-16-6-5-15(19)9-12(16)2/h5-9,20H,10H2,1-4H3,(H,21,22). The van der Waals surface area contributed by atoms with Crippen LogP contribution in [0.1, 0.15) is 22.3 Å². The Bertz CT molecular complexity index is 687. The molecule has 0 aliphatic heterocycles. The van der Waals surface area contributed by atoms with Gasteiger partial charge >= 0.3 is 0 Å². The summed E-state index contributed by atoms with van der Waals surface area (Å²) in [7, 11) is 0. The molecule has 0 saturated heterocycles. The smallest absolute Gasteiger partial charge is 0.243 e. The Morgan fingerprint density at radius 2 is 1.64 bits per heavy atom. The van der Waals surface area contributed by atoms with Crippen molar-refractivity contribution >= 4 is 28.9 Å². The molecule has 0 radical (unpaired) electrons. The molecule has 22 heavy (non-hydrogen) atoms. The summed E-state index contributed by atoms with van der Waals surface area (Å²) in [5.74, 6) is -0.0789. The number of rotatable bonds is 4. The van der Waals surface area contributed by atoms with Crippen LogP contribution in [0, 0.1) is 27.7 Å². The van der Waals surface area contributed by atoms with Gasteiger partial charge in [-0.1, -0.05) is 29.3 Å². The minimum atomic E-state index is -0.0789. The molecule has 0 aliphatic carbocycles. The van der Waals surface area contributed by atoms with Gasteiger partial charge in [0.1, 0.15) is 0 Å². The van der Waals surface area contributed by atoms with Gasteiger partial charge in [-0.3, -0.25) is 4.79 Å². The highest BCUT2D eigenvalue weighted by Crippen LogP contribution is 2.22. The van der Waals surface area contributed by atoms with Crippen molar-refractivity contribution in [2.45, 2.75) is 27.7 Å². The second kappa shape index (κ2) is 6.84. The van der Waals surface area contributed by atoms with Crippen molar-refractivity contribution in [2.24, 2.45) is 0 Å². The second-order valence-electron chi connectivity index (χ2n) is 5.63. The third-order valence-electron chi connectivity index (χ3n) is 3.57. The summed E-state index contributed by atoms with van der Waals surface area (Å²) < 4.78 is 0. The maximum absolute atomic E-state index is 12.1. The van der Waals surface area contributed by atoms with Crippen molar-refractivity contribution in [3.63, 3.8) is 0 Å². The largest absolute Gasteiger partial charge is 0.376 e. The number of carbonyl (C=O) groups excluding carboxylic acids is 1. The van der Waals surface area contributed by atoms with Crippen LogP contribution in [0.15, 0.2) is 30.3 Å². The van der Waals surface area contributed by atoms with Crippen molar-refractivity contribution in [3.05, 3.63) is 57.6 Å². The molecule has 0 spiro atoms. The summed E-state index contributed by atoms with van der Waals surface area (Å²) >= 11 is 5.92. The molecule has 2 rings (SSSR count). The Morgan fingerprint density at radius 1 is 1.00 bits per heavy atom. The number of hydrogen-bond acceptors (Lipinski definition) is 2. The van der Waals surface area contributed by atoms with E-state index in [-0.39, 0.29) is 12.5 Å². The van der Waals surface area contributed by atoms with Crippen molar-refractivity contribution in [1.82, 2.24) is 0 Å². The van der Waals surface area contributed by atoms with E-state index in [0.29, 0.717) is 5.02 Å². The van der Waals surface area contributed by atoms with Crippen LogP contribution < -0.4 is 10.6 Å². The number of aryl methyl sites for hydroxylation is 4. The zero-order valence-electron chi connectivity index (χ0n) is 13.4. The first kappa shape index (κ1) is 16.4. The number of hydrogen-bond donors (Lipinski definition) is 2. The van der Waals surface area contributed by atoms with E-state index >= 15 is 0 Å². The lowest BCUT2D eigenvalue weighted by Gasteiger charge is -2.14. The van der Waals surface area contributed by atoms with Crippen LogP contribution in [0.25, 0.3) is 0 Å². The zero-order valence-corrected chi connectivity index (χ0v) is 14.1. The second-order valence-corrected chi connectivity index (χ2v) is 6.07. The number of halogens is 1. The summed E-state index contributed by atoms with van der Waals surface area (Å²) in [6.45, 7) is 8.31. The molecule has 0 aliphatic rings. The Morgan fingerprint density at radius 3 is 2.23 bits per heavy atom. The summed E-state index contributed by atoms with van der Waals surface area (Å²) in [5.41, 5.74) is 6.27. The highest BCUT2D eigenvalue weighted by molar-refractivity contribution is 6.30. The third kappa shape index (κ3) is 4.01. The molecule has 0 saturated carbocycles. The molecule has 0 aromatic heterocycles. The lowest BCUT2D eigenvalue weighted by molar-refractivity contribution is -0.114. The van der Waals surface area contributed by atoms with E-state index in [4.69, 9.17) is 11.6 Å². The Hall–Kier alpha value is -2.00. The maximum atomic E-state index is 12.1. The van der Waals surface area contributed by atoms with Gasteiger partial charge < -0.3 is 10.6 Å². The average molecular weight is 317 g/mol. The van der Waals surface area contributed by atoms with E-state index in [2.05, 4.69) is 29.7 Å². The fourth-order valence-corrected chi connectivity index (χ4v) is 2.82. The monoisotopic (exact) mass is 316 g/mol. The van der Waals surface area contributed by atoms with Crippen molar-refractivity contribution in [1.29, 1.82) is 0 Å². The number of amides is 1. The van der Waals surface area contributed by atoms with Crippen molar-refractivity contribution in [2.75, 3.05) is 17.2 Å². The molecule has 0 atom stereocenters. The summed E-state index contributed by atoms with van der Waals surface area (Å²) in [5, 5.41) is 6.79. The fraction of sp³-hybridized carbons (Fsp3) is 0.278. The van der Waals surface area contributed by atoms with Gasteiger partial charge in [0.2, 0.25) is 5.91 Å². The van der Waals surface area contributed by atoms with Gasteiger partial charge in [-0.25, -0.2) is 0 Å². The van der Waals surface area contributed by atoms with Crippen LogP contribution >= 0.6 is 11.6 Å². The first-order chi connectivity index (χ1) is 10.4. The molecular formula is C18H21ClN2O. The molecule has 3 nitrogen and oxygen atoms in total. The van der Waals surface area contributed by atoms with Crippen LogP contribution in [0.2, 0.25) is 5.02 Å². The van der Waals surface area contributed by atoms with Crippen LogP contribution in [0.4, 0.5) is 11.4 Å². The van der Waals surface area contributed by atoms with E-state index in [9.17, 15) is 4.79 Å². The Labute approximate surface area is 136 Å². The molecule has 0 unspecified atom stereocenters. The highest BCUT2D eigenvalue weighted by atomic mass is 35.5. The minimum Gasteiger partial charge on any atom is -0.376 e. The topological polar surface area (TPSA) is 41.1 Å².